The summed E-state index contributed by atoms with van der Waals surface area (Å²) in [5.74, 6) is 0. The highest BCUT2D eigenvalue weighted by atomic mass is 35.5. The van der Waals surface area contributed by atoms with Crippen molar-refractivity contribution < 1.29 is 4.92 Å². The minimum Gasteiger partial charge on any atom is -0.377 e. The molecule has 1 aliphatic heterocycles. The summed E-state index contributed by atoms with van der Waals surface area (Å²) in [7, 11) is 0. The van der Waals surface area contributed by atoms with Gasteiger partial charge in [-0.2, -0.15) is 0 Å². The van der Waals surface area contributed by atoms with Crippen molar-refractivity contribution >= 4 is 23.0 Å². The zero-order valence-electron chi connectivity index (χ0n) is 9.28. The molecular formula is C11H14ClN3O2. The van der Waals surface area contributed by atoms with E-state index in [0.29, 0.717) is 5.69 Å². The molecule has 1 aromatic carbocycles. The molecule has 0 unspecified atom stereocenters. The van der Waals surface area contributed by atoms with E-state index in [1.54, 1.807) is 12.1 Å². The average Bonchev–Trinajstić information content (AvgIpc) is 2.30. The van der Waals surface area contributed by atoms with Gasteiger partial charge in [0.05, 0.1) is 4.92 Å². The molecule has 1 fully saturated rings. The van der Waals surface area contributed by atoms with Crippen molar-refractivity contribution in [2.24, 2.45) is 0 Å². The van der Waals surface area contributed by atoms with Gasteiger partial charge in [-0.1, -0.05) is 17.7 Å². The molecule has 1 aromatic rings. The first-order chi connectivity index (χ1) is 8.18. The Balaban J connectivity index is 2.19. The summed E-state index contributed by atoms with van der Waals surface area (Å²) in [6.45, 7) is 1.87. The maximum atomic E-state index is 11.0. The molecule has 0 saturated carbocycles. The lowest BCUT2D eigenvalue weighted by atomic mass is 10.1. The predicted molar refractivity (Wildman–Crippen MR) is 67.6 cm³/mol. The molecule has 92 valence electrons. The molecule has 0 amide bonds. The van der Waals surface area contributed by atoms with E-state index in [9.17, 15) is 10.1 Å². The maximum Gasteiger partial charge on any atom is 0.310 e. The van der Waals surface area contributed by atoms with Gasteiger partial charge in [-0.15, -0.1) is 0 Å². The number of nitrogens with zero attached hydrogens (tertiary/aromatic N) is 1. The lowest BCUT2D eigenvalue weighted by Crippen LogP contribution is -2.35. The van der Waals surface area contributed by atoms with Crippen LogP contribution in [0.5, 0.6) is 0 Å². The number of halogens is 1. The maximum absolute atomic E-state index is 11.0. The lowest BCUT2D eigenvalue weighted by molar-refractivity contribution is -0.383. The number of rotatable bonds is 3. The lowest BCUT2D eigenvalue weighted by Gasteiger charge is -2.24. The summed E-state index contributed by atoms with van der Waals surface area (Å²) in [6.07, 6.45) is 1.92. The summed E-state index contributed by atoms with van der Waals surface area (Å²) in [4.78, 5) is 10.5. The van der Waals surface area contributed by atoms with Gasteiger partial charge in [0.15, 0.2) is 0 Å². The van der Waals surface area contributed by atoms with Crippen LogP contribution >= 0.6 is 11.6 Å². The summed E-state index contributed by atoms with van der Waals surface area (Å²) in [6, 6.07) is 5.23. The van der Waals surface area contributed by atoms with Crippen LogP contribution in [0, 0.1) is 10.1 Å². The third-order valence-corrected chi connectivity index (χ3v) is 3.17. The fourth-order valence-corrected chi connectivity index (χ4v) is 2.25. The highest BCUT2D eigenvalue weighted by molar-refractivity contribution is 6.33. The van der Waals surface area contributed by atoms with Gasteiger partial charge in [-0.3, -0.25) is 10.1 Å². The zero-order valence-corrected chi connectivity index (χ0v) is 10.0. The summed E-state index contributed by atoms with van der Waals surface area (Å²) >= 11 is 5.85. The number of benzene rings is 1. The quantitative estimate of drug-likeness (QED) is 0.643. The van der Waals surface area contributed by atoms with Crippen LogP contribution in [-0.4, -0.2) is 24.1 Å². The van der Waals surface area contributed by atoms with Crippen molar-refractivity contribution in [2.75, 3.05) is 18.4 Å². The number of hydrogen-bond acceptors (Lipinski definition) is 4. The van der Waals surface area contributed by atoms with Gasteiger partial charge < -0.3 is 10.6 Å². The van der Waals surface area contributed by atoms with Gasteiger partial charge in [0.25, 0.3) is 0 Å². The molecule has 6 heteroatoms. The van der Waals surface area contributed by atoms with Crippen LogP contribution in [0.15, 0.2) is 18.2 Å². The van der Waals surface area contributed by atoms with Crippen LogP contribution in [-0.2, 0) is 0 Å². The van der Waals surface area contributed by atoms with Crippen LogP contribution in [0.3, 0.4) is 0 Å². The van der Waals surface area contributed by atoms with E-state index in [1.807, 2.05) is 0 Å². The predicted octanol–water partition coefficient (Wildman–Crippen LogP) is 2.41. The molecule has 0 aromatic heterocycles. The Kier molecular flexibility index (Phi) is 3.81. The second-order valence-electron chi connectivity index (χ2n) is 4.06. The molecule has 0 atom stereocenters. The molecule has 1 aliphatic rings. The number of piperidine rings is 1. The highest BCUT2D eigenvalue weighted by Gasteiger charge is 2.21. The molecule has 1 heterocycles. The Morgan fingerprint density at radius 1 is 1.41 bits per heavy atom. The van der Waals surface area contributed by atoms with Crippen molar-refractivity contribution in [2.45, 2.75) is 18.9 Å². The van der Waals surface area contributed by atoms with Crippen LogP contribution < -0.4 is 10.6 Å². The minimum absolute atomic E-state index is 0.0345. The van der Waals surface area contributed by atoms with Crippen molar-refractivity contribution in [3.8, 4) is 0 Å². The topological polar surface area (TPSA) is 67.2 Å². The highest BCUT2D eigenvalue weighted by Crippen LogP contribution is 2.33. The number of nitro groups is 1. The van der Waals surface area contributed by atoms with E-state index >= 15 is 0 Å². The van der Waals surface area contributed by atoms with Gasteiger partial charge in [-0.05, 0) is 38.1 Å². The van der Waals surface area contributed by atoms with E-state index in [1.165, 1.54) is 6.07 Å². The standard InChI is InChI=1S/C11H14ClN3O2/c12-9-2-1-3-10(11(9)15(16)17)14-8-4-6-13-7-5-8/h1-3,8,13-14H,4-7H2. The third-order valence-electron chi connectivity index (χ3n) is 2.87. The van der Waals surface area contributed by atoms with Gasteiger partial charge in [-0.25, -0.2) is 0 Å². The SMILES string of the molecule is O=[N+]([O-])c1c(Cl)cccc1NC1CCNCC1. The first kappa shape index (κ1) is 12.1. The monoisotopic (exact) mass is 255 g/mol. The van der Waals surface area contributed by atoms with E-state index in [2.05, 4.69) is 10.6 Å². The smallest absolute Gasteiger partial charge is 0.310 e. The summed E-state index contributed by atoms with van der Waals surface area (Å²) < 4.78 is 0. The number of para-hydroxylation sites is 1. The summed E-state index contributed by atoms with van der Waals surface area (Å²) in [5, 5.41) is 17.6. The molecule has 0 spiro atoms. The molecule has 17 heavy (non-hydrogen) atoms. The van der Waals surface area contributed by atoms with Crippen molar-refractivity contribution in [3.63, 3.8) is 0 Å². The number of hydrogen-bond donors (Lipinski definition) is 2. The fraction of sp³-hybridized carbons (Fsp3) is 0.455. The minimum atomic E-state index is -0.439. The molecule has 0 aliphatic carbocycles. The molecule has 2 N–H and O–H groups in total. The number of anilines is 1. The van der Waals surface area contributed by atoms with E-state index in [-0.39, 0.29) is 16.8 Å². The van der Waals surface area contributed by atoms with Crippen LogP contribution in [0.4, 0.5) is 11.4 Å². The zero-order chi connectivity index (χ0) is 12.3. The molecule has 0 bridgehead atoms. The Bertz CT molecular complexity index is 419. The van der Waals surface area contributed by atoms with Crippen LogP contribution in [0.1, 0.15) is 12.8 Å². The van der Waals surface area contributed by atoms with Crippen molar-refractivity contribution in [3.05, 3.63) is 33.3 Å². The third kappa shape index (κ3) is 2.87. The molecule has 5 nitrogen and oxygen atoms in total. The Hall–Kier alpha value is -1.33. The van der Waals surface area contributed by atoms with Gasteiger partial charge in [0.1, 0.15) is 10.7 Å². The Morgan fingerprint density at radius 3 is 2.76 bits per heavy atom. The molecule has 1 saturated heterocycles. The first-order valence-corrected chi connectivity index (χ1v) is 5.96. The second kappa shape index (κ2) is 5.33. The van der Waals surface area contributed by atoms with E-state index in [0.717, 1.165) is 25.9 Å². The molecular weight excluding hydrogens is 242 g/mol. The Labute approximate surface area is 104 Å². The second-order valence-corrected chi connectivity index (χ2v) is 4.47. The normalized spacial score (nSPS) is 16.8. The van der Waals surface area contributed by atoms with Gasteiger partial charge >= 0.3 is 5.69 Å². The van der Waals surface area contributed by atoms with E-state index in [4.69, 9.17) is 11.6 Å². The van der Waals surface area contributed by atoms with Crippen molar-refractivity contribution in [1.29, 1.82) is 0 Å². The fourth-order valence-electron chi connectivity index (χ4n) is 2.00. The average molecular weight is 256 g/mol. The summed E-state index contributed by atoms with van der Waals surface area (Å²) in [5.41, 5.74) is 0.474. The Morgan fingerprint density at radius 2 is 2.12 bits per heavy atom. The van der Waals surface area contributed by atoms with Gasteiger partial charge in [0, 0.05) is 6.04 Å². The van der Waals surface area contributed by atoms with Crippen LogP contribution in [0.2, 0.25) is 5.02 Å². The largest absolute Gasteiger partial charge is 0.377 e. The molecule has 0 radical (unpaired) electrons. The number of nitrogens with one attached hydrogen (secondary N) is 2. The van der Waals surface area contributed by atoms with E-state index < -0.39 is 4.92 Å². The van der Waals surface area contributed by atoms with Crippen molar-refractivity contribution in [1.82, 2.24) is 5.32 Å². The number of nitro benzene ring substituents is 1. The van der Waals surface area contributed by atoms with Gasteiger partial charge in [0.2, 0.25) is 0 Å². The first-order valence-electron chi connectivity index (χ1n) is 5.58. The molecule has 2 rings (SSSR count). The van der Waals surface area contributed by atoms with Crippen LogP contribution in [0.25, 0.3) is 0 Å².